The lowest BCUT2D eigenvalue weighted by atomic mass is 10.0. The Bertz CT molecular complexity index is 471. The fraction of sp³-hybridized carbons (Fsp3) is 0.417. The predicted octanol–water partition coefficient (Wildman–Crippen LogP) is 3.86. The van der Waals surface area contributed by atoms with Crippen molar-refractivity contribution in [1.82, 2.24) is 5.32 Å². The summed E-state index contributed by atoms with van der Waals surface area (Å²) in [4.78, 5) is 11.6. The average molecular weight is 299 g/mol. The molecule has 112 valence electrons. The number of nitrogens with one attached hydrogen (secondary N) is 1. The molecule has 0 heterocycles. The third kappa shape index (κ3) is 4.14. The molecule has 0 bridgehead atoms. The van der Waals surface area contributed by atoms with Crippen LogP contribution in [0.25, 0.3) is 0 Å². The Morgan fingerprint density at radius 1 is 0.950 bits per heavy atom. The van der Waals surface area contributed by atoms with Crippen LogP contribution in [-0.2, 0) is 12.4 Å². The number of amides is 1. The van der Waals surface area contributed by atoms with Crippen molar-refractivity contribution in [2.24, 2.45) is 0 Å². The Balaban J connectivity index is 3.35. The fourth-order valence-electron chi connectivity index (χ4n) is 1.43. The van der Waals surface area contributed by atoms with E-state index in [1.165, 1.54) is 13.8 Å². The maximum absolute atomic E-state index is 12.6. The second-order valence-corrected chi connectivity index (χ2v) is 4.42. The second-order valence-electron chi connectivity index (χ2n) is 4.42. The van der Waals surface area contributed by atoms with Gasteiger partial charge in [0.15, 0.2) is 0 Å². The molecule has 0 aliphatic carbocycles. The molecular formula is C12H11F6NO. The third-order valence-electron chi connectivity index (χ3n) is 2.27. The highest BCUT2D eigenvalue weighted by Gasteiger charge is 2.37. The normalized spacial score (nSPS) is 12.7. The molecule has 0 saturated carbocycles. The highest BCUT2D eigenvalue weighted by Crippen LogP contribution is 2.36. The minimum absolute atomic E-state index is 0.0217. The number of benzene rings is 1. The summed E-state index contributed by atoms with van der Waals surface area (Å²) in [5.74, 6) is -0.989. The van der Waals surface area contributed by atoms with Crippen LogP contribution in [0.15, 0.2) is 18.2 Å². The Labute approximate surface area is 110 Å². The third-order valence-corrected chi connectivity index (χ3v) is 2.27. The molecule has 0 spiro atoms. The summed E-state index contributed by atoms with van der Waals surface area (Å²) in [6.07, 6.45) is -9.93. The van der Waals surface area contributed by atoms with Crippen LogP contribution >= 0.6 is 0 Å². The average Bonchev–Trinajstić information content (AvgIpc) is 2.25. The van der Waals surface area contributed by atoms with E-state index in [2.05, 4.69) is 5.32 Å². The number of hydrogen-bond donors (Lipinski definition) is 1. The molecule has 2 nitrogen and oxygen atoms in total. The van der Waals surface area contributed by atoms with Crippen molar-refractivity contribution in [1.29, 1.82) is 0 Å². The van der Waals surface area contributed by atoms with E-state index in [0.29, 0.717) is 12.1 Å². The SMILES string of the molecule is CC(C)NC(=O)c1cc(C(F)(F)F)cc(C(F)(F)F)c1. The van der Waals surface area contributed by atoms with E-state index in [9.17, 15) is 31.1 Å². The van der Waals surface area contributed by atoms with Crippen LogP contribution in [0.5, 0.6) is 0 Å². The number of rotatable bonds is 2. The van der Waals surface area contributed by atoms with Gasteiger partial charge in [-0.25, -0.2) is 0 Å². The molecule has 0 aliphatic rings. The van der Waals surface area contributed by atoms with Crippen LogP contribution in [0.2, 0.25) is 0 Å². The van der Waals surface area contributed by atoms with Crippen molar-refractivity contribution >= 4 is 5.91 Å². The van der Waals surface area contributed by atoms with Crippen molar-refractivity contribution in [3.05, 3.63) is 34.9 Å². The second kappa shape index (κ2) is 5.34. The molecular weight excluding hydrogens is 288 g/mol. The fourth-order valence-corrected chi connectivity index (χ4v) is 1.43. The summed E-state index contributed by atoms with van der Waals surface area (Å²) >= 11 is 0. The maximum atomic E-state index is 12.6. The highest BCUT2D eigenvalue weighted by atomic mass is 19.4. The summed E-state index contributed by atoms with van der Waals surface area (Å²) in [5, 5.41) is 2.24. The van der Waals surface area contributed by atoms with E-state index in [1.54, 1.807) is 0 Å². The number of carbonyl (C=O) groups excluding carboxylic acids is 1. The topological polar surface area (TPSA) is 29.1 Å². The molecule has 0 radical (unpaired) electrons. The van der Waals surface area contributed by atoms with Gasteiger partial charge in [-0.05, 0) is 32.0 Å². The van der Waals surface area contributed by atoms with Crippen molar-refractivity contribution in [2.75, 3.05) is 0 Å². The summed E-state index contributed by atoms with van der Waals surface area (Å²) < 4.78 is 75.4. The Hall–Kier alpha value is -1.73. The van der Waals surface area contributed by atoms with Gasteiger partial charge in [-0.1, -0.05) is 0 Å². The van der Waals surface area contributed by atoms with E-state index in [4.69, 9.17) is 0 Å². The lowest BCUT2D eigenvalue weighted by Gasteiger charge is -2.15. The van der Waals surface area contributed by atoms with Gasteiger partial charge < -0.3 is 5.32 Å². The number of hydrogen-bond acceptors (Lipinski definition) is 1. The zero-order chi connectivity index (χ0) is 15.7. The first-order valence-electron chi connectivity index (χ1n) is 5.51. The standard InChI is InChI=1S/C12H11F6NO/c1-6(2)19-10(20)7-3-8(11(13,14)15)5-9(4-7)12(16,17)18/h3-6H,1-2H3,(H,19,20). The van der Waals surface area contributed by atoms with Gasteiger partial charge in [0.05, 0.1) is 11.1 Å². The van der Waals surface area contributed by atoms with Gasteiger partial charge in [-0.2, -0.15) is 26.3 Å². The van der Waals surface area contributed by atoms with E-state index >= 15 is 0 Å². The van der Waals surface area contributed by atoms with Crippen LogP contribution in [0, 0.1) is 0 Å². The maximum Gasteiger partial charge on any atom is 0.416 e. The molecule has 0 unspecified atom stereocenters. The number of alkyl halides is 6. The minimum atomic E-state index is -4.96. The number of halogens is 6. The van der Waals surface area contributed by atoms with Crippen molar-refractivity contribution < 1.29 is 31.1 Å². The largest absolute Gasteiger partial charge is 0.416 e. The van der Waals surface area contributed by atoms with Gasteiger partial charge in [0.2, 0.25) is 0 Å². The first-order chi connectivity index (χ1) is 8.91. The van der Waals surface area contributed by atoms with Crippen molar-refractivity contribution in [3.8, 4) is 0 Å². The van der Waals surface area contributed by atoms with E-state index in [-0.39, 0.29) is 6.07 Å². The molecule has 1 N–H and O–H groups in total. The van der Waals surface area contributed by atoms with Crippen LogP contribution in [0.4, 0.5) is 26.3 Å². The molecule has 0 fully saturated rings. The van der Waals surface area contributed by atoms with Gasteiger partial charge >= 0.3 is 12.4 Å². The van der Waals surface area contributed by atoms with E-state index in [1.807, 2.05) is 0 Å². The van der Waals surface area contributed by atoms with Crippen LogP contribution in [-0.4, -0.2) is 11.9 Å². The predicted molar refractivity (Wildman–Crippen MR) is 59.0 cm³/mol. The Kier molecular flexibility index (Phi) is 4.36. The molecule has 1 aromatic carbocycles. The highest BCUT2D eigenvalue weighted by molar-refractivity contribution is 5.94. The van der Waals surface area contributed by atoms with E-state index < -0.39 is 41.0 Å². The quantitative estimate of drug-likeness (QED) is 0.825. The van der Waals surface area contributed by atoms with Crippen LogP contribution in [0.1, 0.15) is 35.3 Å². The molecule has 8 heteroatoms. The van der Waals surface area contributed by atoms with Crippen LogP contribution in [0.3, 0.4) is 0 Å². The monoisotopic (exact) mass is 299 g/mol. The first kappa shape index (κ1) is 16.3. The minimum Gasteiger partial charge on any atom is -0.350 e. The van der Waals surface area contributed by atoms with Crippen molar-refractivity contribution in [2.45, 2.75) is 32.2 Å². The van der Waals surface area contributed by atoms with Gasteiger partial charge in [-0.15, -0.1) is 0 Å². The summed E-state index contributed by atoms with van der Waals surface area (Å²) in [5.41, 5.74) is -3.71. The van der Waals surface area contributed by atoms with E-state index in [0.717, 1.165) is 0 Å². The summed E-state index contributed by atoms with van der Waals surface area (Å²) in [6.45, 7) is 3.08. The Morgan fingerprint density at radius 3 is 1.65 bits per heavy atom. The summed E-state index contributed by atoms with van der Waals surface area (Å²) in [7, 11) is 0. The first-order valence-corrected chi connectivity index (χ1v) is 5.51. The molecule has 1 rings (SSSR count). The zero-order valence-electron chi connectivity index (χ0n) is 10.5. The van der Waals surface area contributed by atoms with Crippen LogP contribution < -0.4 is 5.32 Å². The van der Waals surface area contributed by atoms with Gasteiger partial charge in [0.25, 0.3) is 5.91 Å². The molecule has 0 aromatic heterocycles. The molecule has 20 heavy (non-hydrogen) atoms. The lowest BCUT2D eigenvalue weighted by molar-refractivity contribution is -0.143. The zero-order valence-corrected chi connectivity index (χ0v) is 10.5. The molecule has 1 amide bonds. The van der Waals surface area contributed by atoms with Crippen molar-refractivity contribution in [3.63, 3.8) is 0 Å². The number of carbonyl (C=O) groups is 1. The van der Waals surface area contributed by atoms with Gasteiger partial charge in [0, 0.05) is 11.6 Å². The molecule has 0 atom stereocenters. The Morgan fingerprint density at radius 2 is 1.35 bits per heavy atom. The summed E-state index contributed by atoms with van der Waals surface area (Å²) in [6, 6.07) is 0.359. The molecule has 1 aromatic rings. The molecule has 0 aliphatic heterocycles. The van der Waals surface area contributed by atoms with Gasteiger partial charge in [-0.3, -0.25) is 4.79 Å². The lowest BCUT2D eigenvalue weighted by Crippen LogP contribution is -2.30. The van der Waals surface area contributed by atoms with Gasteiger partial charge in [0.1, 0.15) is 0 Å². The molecule has 0 saturated heterocycles. The smallest absolute Gasteiger partial charge is 0.350 e.